The maximum atomic E-state index is 6.88. The van der Waals surface area contributed by atoms with Gasteiger partial charge in [-0.1, -0.05) is 23.6 Å². The van der Waals surface area contributed by atoms with Crippen LogP contribution in [0.3, 0.4) is 0 Å². The minimum Gasteiger partial charge on any atom is -0.492 e. The van der Waals surface area contributed by atoms with Crippen LogP contribution in [0.1, 0.15) is 5.56 Å². The maximum Gasteiger partial charge on any atom is 0.228 e. The lowest BCUT2D eigenvalue weighted by atomic mass is 10.2. The molecule has 0 fully saturated rings. The van der Waals surface area contributed by atoms with Crippen LogP contribution in [0.25, 0.3) is 4.85 Å². The Bertz CT molecular complexity index is 382. The molecule has 0 saturated carbocycles. The first-order valence-corrected chi connectivity index (χ1v) is 3.82. The van der Waals surface area contributed by atoms with Crippen molar-refractivity contribution in [2.24, 2.45) is 0 Å². The van der Waals surface area contributed by atoms with Crippen LogP contribution in [0.5, 0.6) is 5.75 Å². The van der Waals surface area contributed by atoms with E-state index in [1.165, 1.54) is 0 Å². The van der Waals surface area contributed by atoms with Crippen LogP contribution < -0.4 is 4.74 Å². The molecule has 0 aliphatic heterocycles. The van der Waals surface area contributed by atoms with Gasteiger partial charge in [0.15, 0.2) is 0 Å². The summed E-state index contributed by atoms with van der Waals surface area (Å²) >= 11 is 0. The zero-order chi connectivity index (χ0) is 9.68. The standard InChI is InChI=1S/C11H9NO/c1-4-7-13-11-8-9(2)5-6-10(11)12-3/h1,5-6,8H,7H2,2H3. The molecule has 0 spiro atoms. The molecule has 1 aromatic rings. The van der Waals surface area contributed by atoms with Crippen LogP contribution in [0, 0.1) is 25.8 Å². The molecule has 0 N–H and O–H groups in total. The van der Waals surface area contributed by atoms with Gasteiger partial charge in [-0.2, -0.15) is 0 Å². The smallest absolute Gasteiger partial charge is 0.228 e. The fourth-order valence-corrected chi connectivity index (χ4v) is 0.949. The Morgan fingerprint density at radius 1 is 1.62 bits per heavy atom. The highest BCUT2D eigenvalue weighted by atomic mass is 16.5. The summed E-state index contributed by atoms with van der Waals surface area (Å²) in [7, 11) is 0. The summed E-state index contributed by atoms with van der Waals surface area (Å²) in [4.78, 5) is 3.32. The molecule has 2 nitrogen and oxygen atoms in total. The topological polar surface area (TPSA) is 13.6 Å². The normalized spacial score (nSPS) is 8.54. The average Bonchev–Trinajstić information content (AvgIpc) is 2.15. The fraction of sp³-hybridized carbons (Fsp3) is 0.182. The zero-order valence-electron chi connectivity index (χ0n) is 7.37. The van der Waals surface area contributed by atoms with Gasteiger partial charge in [0.1, 0.15) is 12.4 Å². The first-order valence-electron chi connectivity index (χ1n) is 3.82. The summed E-state index contributed by atoms with van der Waals surface area (Å²) < 4.78 is 5.21. The molecule has 1 rings (SSSR count). The van der Waals surface area contributed by atoms with Crippen molar-refractivity contribution in [1.29, 1.82) is 0 Å². The third-order valence-corrected chi connectivity index (χ3v) is 1.55. The lowest BCUT2D eigenvalue weighted by Crippen LogP contribution is -1.93. The summed E-state index contributed by atoms with van der Waals surface area (Å²) in [6, 6.07) is 5.41. The summed E-state index contributed by atoms with van der Waals surface area (Å²) in [5.74, 6) is 2.92. The van der Waals surface area contributed by atoms with Crippen molar-refractivity contribution in [3.05, 3.63) is 35.2 Å². The van der Waals surface area contributed by atoms with Gasteiger partial charge < -0.3 is 4.74 Å². The van der Waals surface area contributed by atoms with E-state index in [0.29, 0.717) is 11.4 Å². The molecule has 13 heavy (non-hydrogen) atoms. The second kappa shape index (κ2) is 4.18. The third-order valence-electron chi connectivity index (χ3n) is 1.55. The van der Waals surface area contributed by atoms with Gasteiger partial charge in [0.25, 0.3) is 0 Å². The largest absolute Gasteiger partial charge is 0.492 e. The van der Waals surface area contributed by atoms with Crippen molar-refractivity contribution in [2.75, 3.05) is 6.61 Å². The van der Waals surface area contributed by atoms with Crippen LogP contribution >= 0.6 is 0 Å². The van der Waals surface area contributed by atoms with Gasteiger partial charge in [-0.25, -0.2) is 4.85 Å². The lowest BCUT2D eigenvalue weighted by Gasteiger charge is -2.04. The molecule has 2 heteroatoms. The summed E-state index contributed by atoms with van der Waals surface area (Å²) in [6.07, 6.45) is 5.05. The van der Waals surface area contributed by atoms with Crippen LogP contribution in [-0.4, -0.2) is 6.61 Å². The molecule has 64 valence electrons. The first-order chi connectivity index (χ1) is 6.27. The van der Waals surface area contributed by atoms with Crippen molar-refractivity contribution in [1.82, 2.24) is 0 Å². The van der Waals surface area contributed by atoms with E-state index in [2.05, 4.69) is 10.8 Å². The van der Waals surface area contributed by atoms with E-state index in [9.17, 15) is 0 Å². The number of rotatable bonds is 2. The molecule has 0 unspecified atom stereocenters. The Hall–Kier alpha value is -1.93. The molecule has 0 saturated heterocycles. The Morgan fingerprint density at radius 3 is 3.00 bits per heavy atom. The first kappa shape index (κ1) is 9.16. The number of benzene rings is 1. The molecule has 0 amide bonds. The number of aryl methyl sites for hydroxylation is 1. The highest BCUT2D eigenvalue weighted by molar-refractivity contribution is 5.58. The minimum atomic E-state index is 0.200. The van der Waals surface area contributed by atoms with Gasteiger partial charge in [0.2, 0.25) is 5.69 Å². The molecule has 0 aliphatic rings. The average molecular weight is 171 g/mol. The van der Waals surface area contributed by atoms with Crippen LogP contribution in [0.15, 0.2) is 18.2 Å². The Morgan fingerprint density at radius 2 is 2.38 bits per heavy atom. The van der Waals surface area contributed by atoms with Gasteiger partial charge >= 0.3 is 0 Å². The highest BCUT2D eigenvalue weighted by Gasteiger charge is 2.02. The van der Waals surface area contributed by atoms with Crippen LogP contribution in [0.4, 0.5) is 5.69 Å². The molecule has 0 bridgehead atoms. The summed E-state index contributed by atoms with van der Waals surface area (Å²) in [5.41, 5.74) is 1.56. The molecule has 0 heterocycles. The Labute approximate surface area is 78.0 Å². The summed E-state index contributed by atoms with van der Waals surface area (Å²) in [5, 5.41) is 0. The van der Waals surface area contributed by atoms with Gasteiger partial charge in [-0.05, 0) is 13.0 Å². The van der Waals surface area contributed by atoms with Crippen molar-refractivity contribution in [3.8, 4) is 18.1 Å². The predicted molar refractivity (Wildman–Crippen MR) is 51.8 cm³/mol. The quantitative estimate of drug-likeness (QED) is 0.492. The molecule has 0 aliphatic carbocycles. The number of hydrogen-bond acceptors (Lipinski definition) is 1. The van der Waals surface area contributed by atoms with Crippen molar-refractivity contribution in [2.45, 2.75) is 6.92 Å². The highest BCUT2D eigenvalue weighted by Crippen LogP contribution is 2.28. The van der Waals surface area contributed by atoms with Crippen LogP contribution in [-0.2, 0) is 0 Å². The second-order valence-corrected chi connectivity index (χ2v) is 2.58. The SMILES string of the molecule is [C-]#[N+]c1ccc(C)cc1OCC#C. The van der Waals surface area contributed by atoms with Crippen LogP contribution in [0.2, 0.25) is 0 Å². The van der Waals surface area contributed by atoms with Gasteiger partial charge in [0.05, 0.1) is 6.57 Å². The lowest BCUT2D eigenvalue weighted by molar-refractivity contribution is 0.372. The van der Waals surface area contributed by atoms with E-state index in [1.807, 2.05) is 19.1 Å². The molecule has 0 aromatic heterocycles. The second-order valence-electron chi connectivity index (χ2n) is 2.58. The van der Waals surface area contributed by atoms with E-state index in [0.717, 1.165) is 5.56 Å². The fourth-order valence-electron chi connectivity index (χ4n) is 0.949. The Balaban J connectivity index is 2.97. The van der Waals surface area contributed by atoms with Gasteiger partial charge in [0, 0.05) is 0 Å². The van der Waals surface area contributed by atoms with Gasteiger partial charge in [-0.15, -0.1) is 6.42 Å². The summed E-state index contributed by atoms with van der Waals surface area (Å²) in [6.45, 7) is 9.03. The van der Waals surface area contributed by atoms with E-state index in [1.54, 1.807) is 6.07 Å². The molecular weight excluding hydrogens is 162 g/mol. The number of hydrogen-bond donors (Lipinski definition) is 0. The van der Waals surface area contributed by atoms with E-state index < -0.39 is 0 Å². The molecule has 0 atom stereocenters. The van der Waals surface area contributed by atoms with Gasteiger partial charge in [-0.3, -0.25) is 0 Å². The molecule has 0 radical (unpaired) electrons. The third kappa shape index (κ3) is 2.25. The monoisotopic (exact) mass is 171 g/mol. The van der Waals surface area contributed by atoms with Crippen molar-refractivity contribution >= 4 is 5.69 Å². The maximum absolute atomic E-state index is 6.88. The number of nitrogens with zero attached hydrogens (tertiary/aromatic N) is 1. The van der Waals surface area contributed by atoms with E-state index in [-0.39, 0.29) is 6.61 Å². The minimum absolute atomic E-state index is 0.200. The van der Waals surface area contributed by atoms with Crippen molar-refractivity contribution < 1.29 is 4.74 Å². The predicted octanol–water partition coefficient (Wildman–Crippen LogP) is 2.56. The Kier molecular flexibility index (Phi) is 2.95. The number of terminal acetylenes is 1. The molecule has 1 aromatic carbocycles. The van der Waals surface area contributed by atoms with E-state index in [4.69, 9.17) is 17.7 Å². The zero-order valence-corrected chi connectivity index (χ0v) is 7.37. The number of ether oxygens (including phenoxy) is 1. The molecular formula is C11H9NO. The van der Waals surface area contributed by atoms with Crippen molar-refractivity contribution in [3.63, 3.8) is 0 Å². The van der Waals surface area contributed by atoms with E-state index >= 15 is 0 Å².